The molecule has 16 heteroatoms. The van der Waals surface area contributed by atoms with Crippen LogP contribution in [0.3, 0.4) is 0 Å². The number of aromatic nitrogens is 1. The van der Waals surface area contributed by atoms with Crippen molar-refractivity contribution in [1.82, 2.24) is 14.8 Å². The van der Waals surface area contributed by atoms with Crippen molar-refractivity contribution in [2.75, 3.05) is 26.2 Å². The SMILES string of the molecule is CCOC(=O)C[C@H](NC(=O)C(c1cc(CO)ccc1F)n1cc(CCN2CC(F)C2)c(C(F)(F)F)cc1=O)c1cc(-c2c(C)cc(Cl)cc2O)cc(C)c1F. The summed E-state index contributed by atoms with van der Waals surface area (Å²) in [5, 5.41) is 23.4. The Bertz CT molecular complexity index is 2130. The fourth-order valence-electron chi connectivity index (χ4n) is 6.71. The summed E-state index contributed by atoms with van der Waals surface area (Å²) in [7, 11) is 0. The zero-order chi connectivity index (χ0) is 40.4. The van der Waals surface area contributed by atoms with Crippen LogP contribution in [0.15, 0.2) is 59.5 Å². The molecule has 0 bridgehead atoms. The number of carbonyl (C=O) groups excluding carboxylic acids is 2. The molecule has 9 nitrogen and oxygen atoms in total. The summed E-state index contributed by atoms with van der Waals surface area (Å²) in [5.74, 6) is -4.30. The fraction of sp³-hybridized carbons (Fsp3) is 0.359. The monoisotopic (exact) mass is 793 g/mol. The number of rotatable bonds is 13. The lowest BCUT2D eigenvalue weighted by Crippen LogP contribution is -2.49. The van der Waals surface area contributed by atoms with E-state index >= 15 is 8.78 Å². The molecule has 0 spiro atoms. The van der Waals surface area contributed by atoms with E-state index in [9.17, 15) is 42.2 Å². The summed E-state index contributed by atoms with van der Waals surface area (Å²) in [6, 6.07) is 5.35. The number of aliphatic hydroxyl groups excluding tert-OH is 1. The van der Waals surface area contributed by atoms with Crippen LogP contribution in [-0.2, 0) is 33.5 Å². The number of nitrogens with one attached hydrogen (secondary N) is 1. The van der Waals surface area contributed by atoms with E-state index in [0.29, 0.717) is 10.1 Å². The van der Waals surface area contributed by atoms with Gasteiger partial charge in [-0.25, -0.2) is 13.2 Å². The number of benzene rings is 3. The van der Waals surface area contributed by atoms with Crippen LogP contribution in [-0.4, -0.2) is 64.0 Å². The summed E-state index contributed by atoms with van der Waals surface area (Å²) in [5.41, 5.74) is -2.73. The molecule has 1 fully saturated rings. The molecule has 2 heterocycles. The zero-order valence-corrected chi connectivity index (χ0v) is 30.7. The molecule has 0 saturated carbocycles. The molecule has 0 radical (unpaired) electrons. The van der Waals surface area contributed by atoms with Crippen LogP contribution in [0.4, 0.5) is 26.3 Å². The summed E-state index contributed by atoms with van der Waals surface area (Å²) < 4.78 is 93.7. The van der Waals surface area contributed by atoms with Crippen molar-refractivity contribution in [3.8, 4) is 16.9 Å². The predicted octanol–water partition coefficient (Wildman–Crippen LogP) is 6.88. The molecule has 1 unspecified atom stereocenters. The maximum atomic E-state index is 16.1. The van der Waals surface area contributed by atoms with Gasteiger partial charge in [0, 0.05) is 53.6 Å². The Morgan fingerprint density at radius 3 is 2.36 bits per heavy atom. The van der Waals surface area contributed by atoms with Gasteiger partial charge in [-0.05, 0) is 91.4 Å². The molecule has 3 N–H and O–H groups in total. The number of amides is 1. The molecule has 1 aromatic heterocycles. The van der Waals surface area contributed by atoms with Crippen LogP contribution < -0.4 is 10.9 Å². The number of nitrogens with zero attached hydrogens (tertiary/aromatic N) is 2. The number of alkyl halides is 4. The highest BCUT2D eigenvalue weighted by molar-refractivity contribution is 6.31. The molecule has 1 aliphatic rings. The molecular formula is C39H38ClF6N3O6. The maximum Gasteiger partial charge on any atom is 0.416 e. The third-order valence-electron chi connectivity index (χ3n) is 9.36. The fourth-order valence-corrected chi connectivity index (χ4v) is 6.98. The van der Waals surface area contributed by atoms with Crippen molar-refractivity contribution in [2.45, 2.75) is 64.7 Å². The summed E-state index contributed by atoms with van der Waals surface area (Å²) in [6.07, 6.45) is -6.37. The largest absolute Gasteiger partial charge is 0.507 e. The molecule has 3 aromatic carbocycles. The van der Waals surface area contributed by atoms with Gasteiger partial charge in [0.15, 0.2) is 0 Å². The lowest BCUT2D eigenvalue weighted by atomic mass is 9.92. The van der Waals surface area contributed by atoms with Crippen LogP contribution in [0.2, 0.25) is 5.02 Å². The lowest BCUT2D eigenvalue weighted by molar-refractivity contribution is -0.144. The van der Waals surface area contributed by atoms with E-state index < -0.39 is 83.2 Å². The lowest BCUT2D eigenvalue weighted by Gasteiger charge is -2.34. The second-order valence-electron chi connectivity index (χ2n) is 13.4. The van der Waals surface area contributed by atoms with Crippen molar-refractivity contribution < 1.29 is 50.9 Å². The van der Waals surface area contributed by atoms with Gasteiger partial charge in [0.25, 0.3) is 5.56 Å². The topological polar surface area (TPSA) is 121 Å². The van der Waals surface area contributed by atoms with Gasteiger partial charge in [0.2, 0.25) is 5.91 Å². The smallest absolute Gasteiger partial charge is 0.416 e. The third kappa shape index (κ3) is 9.34. The minimum atomic E-state index is -5.01. The maximum absolute atomic E-state index is 16.1. The summed E-state index contributed by atoms with van der Waals surface area (Å²) in [6.45, 7) is 3.82. The van der Waals surface area contributed by atoms with E-state index in [1.807, 2.05) is 0 Å². The summed E-state index contributed by atoms with van der Waals surface area (Å²) in [4.78, 5) is 42.6. The van der Waals surface area contributed by atoms with Crippen LogP contribution in [0.1, 0.15) is 64.4 Å². The number of aliphatic hydroxyl groups is 1. The highest BCUT2D eigenvalue weighted by Gasteiger charge is 2.37. The van der Waals surface area contributed by atoms with Gasteiger partial charge in [-0.15, -0.1) is 0 Å². The second-order valence-corrected chi connectivity index (χ2v) is 13.8. The Morgan fingerprint density at radius 1 is 1.04 bits per heavy atom. The Kier molecular flexibility index (Phi) is 12.7. The quantitative estimate of drug-likeness (QED) is 0.0998. The van der Waals surface area contributed by atoms with E-state index in [1.165, 1.54) is 38.1 Å². The van der Waals surface area contributed by atoms with E-state index in [0.717, 1.165) is 18.3 Å². The average molecular weight is 794 g/mol. The van der Waals surface area contributed by atoms with E-state index in [4.69, 9.17) is 16.3 Å². The summed E-state index contributed by atoms with van der Waals surface area (Å²) >= 11 is 6.10. The zero-order valence-electron chi connectivity index (χ0n) is 29.9. The molecule has 1 aliphatic heterocycles. The van der Waals surface area contributed by atoms with Crippen molar-refractivity contribution in [1.29, 1.82) is 0 Å². The highest BCUT2D eigenvalue weighted by Crippen LogP contribution is 2.39. The van der Waals surface area contributed by atoms with Crippen molar-refractivity contribution in [3.63, 3.8) is 0 Å². The van der Waals surface area contributed by atoms with Crippen molar-refractivity contribution in [2.24, 2.45) is 0 Å². The van der Waals surface area contributed by atoms with Gasteiger partial charge in [-0.1, -0.05) is 17.7 Å². The number of pyridine rings is 1. The first-order valence-electron chi connectivity index (χ1n) is 17.2. The number of aryl methyl sites for hydroxylation is 2. The number of ether oxygens (including phenoxy) is 1. The van der Waals surface area contributed by atoms with Crippen LogP contribution in [0, 0.1) is 25.5 Å². The standard InChI is InChI=1S/C39H38ClF6N3O6/c1-4-55-34(53)15-31(28-12-24(9-21(3)36(28)43)35-20(2)10-25(40)13-32(35)51)47-38(54)37(27-11-22(19-50)5-6-30(27)42)49-16-23(7-8-48-17-26(41)18-48)29(14-33(49)52)39(44,45)46/h5-6,9-14,16,26,31,37,50-51H,4,7-8,15,17-19H2,1-3H3,(H,47,54)/t31-,37?/m0/s1. The van der Waals surface area contributed by atoms with E-state index in [2.05, 4.69) is 5.32 Å². The second kappa shape index (κ2) is 16.9. The van der Waals surface area contributed by atoms with Crippen molar-refractivity contribution >= 4 is 23.5 Å². The molecule has 0 aliphatic carbocycles. The normalized spacial score (nSPS) is 14.7. The molecule has 2 atom stereocenters. The van der Waals surface area contributed by atoms with Gasteiger partial charge in [-0.3, -0.25) is 23.9 Å². The van der Waals surface area contributed by atoms with E-state index in [-0.39, 0.29) is 77.3 Å². The number of esters is 1. The minimum Gasteiger partial charge on any atom is -0.507 e. The van der Waals surface area contributed by atoms with Gasteiger partial charge >= 0.3 is 12.1 Å². The molecular weight excluding hydrogens is 756 g/mol. The Morgan fingerprint density at radius 2 is 1.75 bits per heavy atom. The number of phenols is 1. The number of hydrogen-bond acceptors (Lipinski definition) is 7. The average Bonchev–Trinajstić information content (AvgIpc) is 3.08. The number of aromatic hydroxyl groups is 1. The molecule has 1 amide bonds. The number of hydrogen-bond donors (Lipinski definition) is 3. The van der Waals surface area contributed by atoms with Gasteiger partial charge < -0.3 is 20.3 Å². The first kappa shape index (κ1) is 41.3. The van der Waals surface area contributed by atoms with Crippen LogP contribution in [0.25, 0.3) is 11.1 Å². The van der Waals surface area contributed by atoms with Gasteiger partial charge in [0.1, 0.15) is 29.6 Å². The molecule has 294 valence electrons. The third-order valence-corrected chi connectivity index (χ3v) is 9.58. The number of carbonyl (C=O) groups is 2. The molecule has 1 saturated heterocycles. The van der Waals surface area contributed by atoms with Crippen molar-refractivity contribution in [3.05, 3.63) is 121 Å². The molecule has 55 heavy (non-hydrogen) atoms. The Hall–Kier alpha value is -4.86. The van der Waals surface area contributed by atoms with Crippen LogP contribution in [0.5, 0.6) is 5.75 Å². The Labute approximate surface area is 317 Å². The minimum absolute atomic E-state index is 0.00147. The first-order valence-corrected chi connectivity index (χ1v) is 17.6. The predicted molar refractivity (Wildman–Crippen MR) is 191 cm³/mol. The Balaban J connectivity index is 1.67. The van der Waals surface area contributed by atoms with Gasteiger partial charge in [0.05, 0.1) is 31.2 Å². The van der Waals surface area contributed by atoms with Gasteiger partial charge in [-0.2, -0.15) is 13.2 Å². The molecule has 5 rings (SSSR count). The van der Waals surface area contributed by atoms with Crippen LogP contribution >= 0.6 is 11.6 Å². The highest BCUT2D eigenvalue weighted by atomic mass is 35.5. The number of likely N-dealkylation sites (tertiary alicyclic amines) is 1. The first-order chi connectivity index (χ1) is 25.9. The van der Waals surface area contributed by atoms with E-state index in [1.54, 1.807) is 17.9 Å². The number of halogens is 7. The molecule has 4 aromatic rings. The number of phenolic OH excluding ortho intramolecular Hbond substituents is 1.